The molecule has 2 aromatic carbocycles. The van der Waals surface area contributed by atoms with Gasteiger partial charge in [-0.05, 0) is 54.8 Å². The molecule has 0 saturated heterocycles. The number of hydrogen-bond donors (Lipinski definition) is 0. The third-order valence-electron chi connectivity index (χ3n) is 5.66. The van der Waals surface area contributed by atoms with Crippen molar-refractivity contribution in [3.63, 3.8) is 0 Å². The summed E-state index contributed by atoms with van der Waals surface area (Å²) in [5, 5.41) is 0.440. The van der Waals surface area contributed by atoms with E-state index in [9.17, 15) is 9.59 Å². The summed E-state index contributed by atoms with van der Waals surface area (Å²) < 4.78 is 6.77. The van der Waals surface area contributed by atoms with Crippen LogP contribution in [0.1, 0.15) is 45.9 Å². The van der Waals surface area contributed by atoms with Gasteiger partial charge in [0.2, 0.25) is 5.76 Å². The SMILES string of the molecule is CCc1ccc(C2c3c(oc4ccc(Br)cc4c3=O)C(=O)N2c2cccc(C)n2)cc1. The average Bonchev–Trinajstić information content (AvgIpc) is 3.07. The second-order valence-corrected chi connectivity index (χ2v) is 8.54. The Morgan fingerprint density at radius 1 is 1.06 bits per heavy atom. The zero-order valence-electron chi connectivity index (χ0n) is 17.1. The van der Waals surface area contributed by atoms with Crippen LogP contribution in [0.15, 0.2) is 74.3 Å². The molecule has 2 aromatic heterocycles. The highest BCUT2D eigenvalue weighted by Gasteiger charge is 2.44. The number of carbonyl (C=O) groups excluding carboxylic acids is 1. The topological polar surface area (TPSA) is 63.4 Å². The Morgan fingerprint density at radius 2 is 1.84 bits per heavy atom. The van der Waals surface area contributed by atoms with Crippen molar-refractivity contribution in [1.82, 2.24) is 4.98 Å². The quantitative estimate of drug-likeness (QED) is 0.389. The van der Waals surface area contributed by atoms with Crippen LogP contribution >= 0.6 is 15.9 Å². The minimum absolute atomic E-state index is 0.0766. The van der Waals surface area contributed by atoms with Gasteiger partial charge in [-0.15, -0.1) is 0 Å². The van der Waals surface area contributed by atoms with Gasteiger partial charge in [-0.3, -0.25) is 14.5 Å². The first-order valence-corrected chi connectivity index (χ1v) is 10.9. The summed E-state index contributed by atoms with van der Waals surface area (Å²) in [4.78, 5) is 33.2. The number of nitrogens with zero attached hydrogens (tertiary/aromatic N) is 2. The molecule has 1 amide bonds. The average molecular weight is 475 g/mol. The lowest BCUT2D eigenvalue weighted by Gasteiger charge is -2.24. The minimum atomic E-state index is -0.609. The van der Waals surface area contributed by atoms with Gasteiger partial charge in [-0.2, -0.15) is 0 Å². The predicted octanol–water partition coefficient (Wildman–Crippen LogP) is 5.57. The minimum Gasteiger partial charge on any atom is -0.450 e. The van der Waals surface area contributed by atoms with Crippen LogP contribution in [0.3, 0.4) is 0 Å². The molecule has 1 aliphatic rings. The first-order valence-electron chi connectivity index (χ1n) is 10.1. The van der Waals surface area contributed by atoms with Crippen LogP contribution in [0.5, 0.6) is 0 Å². The standard InChI is InChI=1S/C25H19BrN2O3/c1-3-15-7-9-16(10-8-15)22-21-23(29)18-13-17(26)11-12-19(18)31-24(21)25(30)28(22)20-6-4-5-14(2)27-20/h4-13,22H,3H2,1-2H3. The summed E-state index contributed by atoms with van der Waals surface area (Å²) in [6.45, 7) is 3.96. The fraction of sp³-hybridized carbons (Fsp3) is 0.160. The Bertz CT molecular complexity index is 1390. The van der Waals surface area contributed by atoms with E-state index in [-0.39, 0.29) is 17.1 Å². The van der Waals surface area contributed by atoms with Crippen molar-refractivity contribution in [3.05, 3.63) is 104 Å². The van der Waals surface area contributed by atoms with Crippen molar-refractivity contribution in [2.75, 3.05) is 4.90 Å². The highest BCUT2D eigenvalue weighted by molar-refractivity contribution is 9.10. The van der Waals surface area contributed by atoms with E-state index in [0.717, 1.165) is 22.2 Å². The van der Waals surface area contributed by atoms with Gasteiger partial charge in [0, 0.05) is 10.2 Å². The fourth-order valence-electron chi connectivity index (χ4n) is 4.10. The number of amides is 1. The molecule has 0 aliphatic carbocycles. The van der Waals surface area contributed by atoms with Crippen molar-refractivity contribution in [2.24, 2.45) is 0 Å². The molecule has 5 rings (SSSR count). The van der Waals surface area contributed by atoms with Crippen LogP contribution in [0, 0.1) is 6.92 Å². The molecular weight excluding hydrogens is 456 g/mol. The smallest absolute Gasteiger partial charge is 0.296 e. The summed E-state index contributed by atoms with van der Waals surface area (Å²) in [7, 11) is 0. The summed E-state index contributed by atoms with van der Waals surface area (Å²) in [5.74, 6) is 0.206. The number of fused-ring (bicyclic) bond motifs is 2. The Kier molecular flexibility index (Phi) is 4.74. The van der Waals surface area contributed by atoms with E-state index in [1.54, 1.807) is 29.2 Å². The molecule has 1 atom stereocenters. The van der Waals surface area contributed by atoms with E-state index < -0.39 is 6.04 Å². The van der Waals surface area contributed by atoms with E-state index in [0.29, 0.717) is 22.4 Å². The van der Waals surface area contributed by atoms with Crippen molar-refractivity contribution in [3.8, 4) is 0 Å². The molecule has 0 saturated carbocycles. The molecule has 0 radical (unpaired) electrons. The normalized spacial score (nSPS) is 15.5. The van der Waals surface area contributed by atoms with Crippen molar-refractivity contribution in [1.29, 1.82) is 0 Å². The number of pyridine rings is 1. The molecule has 1 aliphatic heterocycles. The Morgan fingerprint density at radius 3 is 2.55 bits per heavy atom. The summed E-state index contributed by atoms with van der Waals surface area (Å²) in [5.41, 5.74) is 3.35. The maximum Gasteiger partial charge on any atom is 0.296 e. The first-order chi connectivity index (χ1) is 15.0. The Balaban J connectivity index is 1.80. The molecular formula is C25H19BrN2O3. The van der Waals surface area contributed by atoms with Gasteiger partial charge in [0.05, 0.1) is 17.0 Å². The van der Waals surface area contributed by atoms with Crippen LogP contribution in [-0.2, 0) is 6.42 Å². The summed E-state index contributed by atoms with van der Waals surface area (Å²) >= 11 is 3.42. The highest BCUT2D eigenvalue weighted by atomic mass is 79.9. The van der Waals surface area contributed by atoms with E-state index in [1.165, 1.54) is 5.56 Å². The lowest BCUT2D eigenvalue weighted by molar-refractivity contribution is 0.0970. The molecule has 0 N–H and O–H groups in total. The van der Waals surface area contributed by atoms with E-state index in [2.05, 4.69) is 27.8 Å². The van der Waals surface area contributed by atoms with Gasteiger partial charge in [-0.1, -0.05) is 53.2 Å². The summed E-state index contributed by atoms with van der Waals surface area (Å²) in [6.07, 6.45) is 0.907. The van der Waals surface area contributed by atoms with Crippen molar-refractivity contribution >= 4 is 38.6 Å². The molecule has 0 bridgehead atoms. The van der Waals surface area contributed by atoms with Gasteiger partial charge in [0.15, 0.2) is 5.43 Å². The zero-order chi connectivity index (χ0) is 21.7. The largest absolute Gasteiger partial charge is 0.450 e. The lowest BCUT2D eigenvalue weighted by Crippen LogP contribution is -2.30. The number of hydrogen-bond acceptors (Lipinski definition) is 4. The van der Waals surface area contributed by atoms with E-state index in [1.807, 2.05) is 43.3 Å². The predicted molar refractivity (Wildman–Crippen MR) is 124 cm³/mol. The van der Waals surface area contributed by atoms with Gasteiger partial charge >= 0.3 is 0 Å². The molecule has 6 heteroatoms. The van der Waals surface area contributed by atoms with Gasteiger partial charge in [-0.25, -0.2) is 4.98 Å². The summed E-state index contributed by atoms with van der Waals surface area (Å²) in [6, 6.07) is 18.1. The number of rotatable bonds is 3. The number of carbonyl (C=O) groups is 1. The molecule has 31 heavy (non-hydrogen) atoms. The highest BCUT2D eigenvalue weighted by Crippen LogP contribution is 2.40. The number of anilines is 1. The van der Waals surface area contributed by atoms with E-state index in [4.69, 9.17) is 4.42 Å². The van der Waals surface area contributed by atoms with Gasteiger partial charge in [0.1, 0.15) is 11.4 Å². The molecule has 5 nitrogen and oxygen atoms in total. The van der Waals surface area contributed by atoms with Crippen molar-refractivity contribution in [2.45, 2.75) is 26.3 Å². The van der Waals surface area contributed by atoms with Crippen LogP contribution in [0.4, 0.5) is 5.82 Å². The molecule has 0 fully saturated rings. The molecule has 1 unspecified atom stereocenters. The second-order valence-electron chi connectivity index (χ2n) is 7.62. The number of aromatic nitrogens is 1. The maximum atomic E-state index is 13.6. The number of halogens is 1. The lowest BCUT2D eigenvalue weighted by atomic mass is 9.97. The molecule has 0 spiro atoms. The number of benzene rings is 2. The zero-order valence-corrected chi connectivity index (χ0v) is 18.6. The van der Waals surface area contributed by atoms with Gasteiger partial charge in [0.25, 0.3) is 5.91 Å². The monoisotopic (exact) mass is 474 g/mol. The molecule has 3 heterocycles. The number of aryl methyl sites for hydroxylation is 2. The fourth-order valence-corrected chi connectivity index (χ4v) is 4.46. The third kappa shape index (κ3) is 3.18. The van der Waals surface area contributed by atoms with Crippen LogP contribution in [-0.4, -0.2) is 10.9 Å². The second kappa shape index (κ2) is 7.46. The first kappa shape index (κ1) is 19.7. The molecule has 154 valence electrons. The van der Waals surface area contributed by atoms with Crippen LogP contribution < -0.4 is 10.3 Å². The maximum absolute atomic E-state index is 13.6. The molecule has 4 aromatic rings. The van der Waals surface area contributed by atoms with Gasteiger partial charge < -0.3 is 4.42 Å². The van der Waals surface area contributed by atoms with Crippen LogP contribution in [0.2, 0.25) is 0 Å². The van der Waals surface area contributed by atoms with E-state index >= 15 is 0 Å². The van der Waals surface area contributed by atoms with Crippen molar-refractivity contribution < 1.29 is 9.21 Å². The van der Waals surface area contributed by atoms with Crippen LogP contribution in [0.25, 0.3) is 11.0 Å². The third-order valence-corrected chi connectivity index (χ3v) is 6.15. The Hall–Kier alpha value is -3.25. The Labute approximate surface area is 187 Å².